The molecular weight excluding hydrogens is 260 g/mol. The molecule has 0 fully saturated rings. The first-order chi connectivity index (χ1) is 9.31. The SMILES string of the molecule is CCOC(=O)C1SC(c2cccnc2)n2cccc21. The van der Waals surface area contributed by atoms with E-state index in [9.17, 15) is 4.79 Å². The molecule has 4 nitrogen and oxygen atoms in total. The third kappa shape index (κ3) is 2.14. The van der Waals surface area contributed by atoms with E-state index in [2.05, 4.69) is 9.55 Å². The zero-order chi connectivity index (χ0) is 13.2. The Morgan fingerprint density at radius 2 is 2.37 bits per heavy atom. The van der Waals surface area contributed by atoms with Crippen LogP contribution in [0.3, 0.4) is 0 Å². The summed E-state index contributed by atoms with van der Waals surface area (Å²) in [7, 11) is 0. The summed E-state index contributed by atoms with van der Waals surface area (Å²) in [5.41, 5.74) is 2.09. The van der Waals surface area contributed by atoms with Crippen LogP contribution >= 0.6 is 11.8 Å². The van der Waals surface area contributed by atoms with Crippen molar-refractivity contribution in [1.29, 1.82) is 0 Å². The maximum Gasteiger partial charge on any atom is 0.325 e. The number of esters is 1. The van der Waals surface area contributed by atoms with Crippen molar-refractivity contribution < 1.29 is 9.53 Å². The summed E-state index contributed by atoms with van der Waals surface area (Å²) in [5, 5.41) is -0.159. The van der Waals surface area contributed by atoms with Crippen LogP contribution in [0.2, 0.25) is 0 Å². The normalized spacial score (nSPS) is 21.1. The second-order valence-electron chi connectivity index (χ2n) is 4.25. The Hall–Kier alpha value is -1.75. The lowest BCUT2D eigenvalue weighted by molar-refractivity contribution is -0.142. The summed E-state index contributed by atoms with van der Waals surface area (Å²) < 4.78 is 7.26. The Morgan fingerprint density at radius 3 is 3.11 bits per heavy atom. The van der Waals surface area contributed by atoms with Gasteiger partial charge in [-0.05, 0) is 25.1 Å². The van der Waals surface area contributed by atoms with Gasteiger partial charge in [0, 0.05) is 29.8 Å². The highest BCUT2D eigenvalue weighted by Crippen LogP contribution is 2.49. The molecule has 1 aliphatic rings. The van der Waals surface area contributed by atoms with Crippen molar-refractivity contribution in [2.75, 3.05) is 6.61 Å². The largest absolute Gasteiger partial charge is 0.465 e. The van der Waals surface area contributed by atoms with E-state index >= 15 is 0 Å². The van der Waals surface area contributed by atoms with Gasteiger partial charge in [-0.3, -0.25) is 9.78 Å². The van der Waals surface area contributed by atoms with Gasteiger partial charge in [0.2, 0.25) is 0 Å². The van der Waals surface area contributed by atoms with E-state index in [1.54, 1.807) is 18.0 Å². The first-order valence-electron chi connectivity index (χ1n) is 6.20. The summed E-state index contributed by atoms with van der Waals surface area (Å²) in [6, 6.07) is 7.88. The average Bonchev–Trinajstić information content (AvgIpc) is 3.01. The van der Waals surface area contributed by atoms with Crippen LogP contribution in [0.4, 0.5) is 0 Å². The molecule has 1 aliphatic heterocycles. The van der Waals surface area contributed by atoms with Crippen molar-refractivity contribution in [2.45, 2.75) is 17.5 Å². The van der Waals surface area contributed by atoms with Crippen molar-refractivity contribution in [3.8, 4) is 0 Å². The molecule has 2 aromatic heterocycles. The maximum absolute atomic E-state index is 12.0. The number of nitrogens with zero attached hydrogens (tertiary/aromatic N) is 2. The molecule has 3 rings (SSSR count). The molecule has 2 atom stereocenters. The van der Waals surface area contributed by atoms with Crippen LogP contribution in [0.1, 0.15) is 28.8 Å². The number of fused-ring (bicyclic) bond motifs is 1. The summed E-state index contributed by atoms with van der Waals surface area (Å²) >= 11 is 1.60. The van der Waals surface area contributed by atoms with Crippen LogP contribution < -0.4 is 0 Å². The van der Waals surface area contributed by atoms with Gasteiger partial charge >= 0.3 is 5.97 Å². The average molecular weight is 274 g/mol. The van der Waals surface area contributed by atoms with Crippen LogP contribution in [-0.4, -0.2) is 22.1 Å². The van der Waals surface area contributed by atoms with Crippen LogP contribution in [0.5, 0.6) is 0 Å². The minimum atomic E-state index is -0.250. The molecule has 2 aromatic rings. The molecule has 0 bridgehead atoms. The van der Waals surface area contributed by atoms with Gasteiger partial charge in [-0.15, -0.1) is 11.8 Å². The number of ether oxygens (including phenoxy) is 1. The van der Waals surface area contributed by atoms with Crippen LogP contribution in [0, 0.1) is 0 Å². The van der Waals surface area contributed by atoms with Gasteiger partial charge < -0.3 is 9.30 Å². The summed E-state index contributed by atoms with van der Waals surface area (Å²) in [4.78, 5) is 16.2. The molecule has 98 valence electrons. The molecule has 0 aromatic carbocycles. The summed E-state index contributed by atoms with van der Waals surface area (Å²) in [5.74, 6) is -0.168. The standard InChI is InChI=1S/C14H14N2O2S/c1-2-18-14(17)12-11-6-4-8-16(11)13(19-12)10-5-3-7-15-9-10/h3-9,12-13H,2H2,1H3. The molecule has 0 radical (unpaired) electrons. The van der Waals surface area contributed by atoms with Crippen molar-refractivity contribution in [2.24, 2.45) is 0 Å². The van der Waals surface area contributed by atoms with Crippen molar-refractivity contribution in [1.82, 2.24) is 9.55 Å². The van der Waals surface area contributed by atoms with Crippen molar-refractivity contribution in [3.63, 3.8) is 0 Å². The maximum atomic E-state index is 12.0. The lowest BCUT2D eigenvalue weighted by Crippen LogP contribution is -2.11. The lowest BCUT2D eigenvalue weighted by Gasteiger charge is -2.12. The molecule has 0 spiro atoms. The molecule has 0 saturated carbocycles. The number of carbonyl (C=O) groups excluding carboxylic acids is 1. The summed E-state index contributed by atoms with van der Waals surface area (Å²) in [6.45, 7) is 2.24. The Bertz CT molecular complexity index is 582. The minimum Gasteiger partial charge on any atom is -0.465 e. The zero-order valence-electron chi connectivity index (χ0n) is 10.5. The van der Waals surface area contributed by atoms with Gasteiger partial charge in [0.05, 0.1) is 6.61 Å². The Labute approximate surface area is 115 Å². The van der Waals surface area contributed by atoms with E-state index in [1.807, 2.05) is 43.6 Å². The quantitative estimate of drug-likeness (QED) is 0.807. The Balaban J connectivity index is 1.93. The van der Waals surface area contributed by atoms with Gasteiger partial charge in [0.15, 0.2) is 0 Å². The van der Waals surface area contributed by atoms with E-state index < -0.39 is 0 Å². The third-order valence-corrected chi connectivity index (χ3v) is 4.53. The van der Waals surface area contributed by atoms with E-state index in [0.29, 0.717) is 6.61 Å². The van der Waals surface area contributed by atoms with Crippen LogP contribution in [-0.2, 0) is 9.53 Å². The zero-order valence-corrected chi connectivity index (χ0v) is 11.3. The molecular formula is C14H14N2O2S. The third-order valence-electron chi connectivity index (χ3n) is 3.07. The van der Waals surface area contributed by atoms with Gasteiger partial charge in [-0.2, -0.15) is 0 Å². The van der Waals surface area contributed by atoms with Gasteiger partial charge in [0.1, 0.15) is 10.6 Å². The predicted molar refractivity (Wildman–Crippen MR) is 73.8 cm³/mol. The van der Waals surface area contributed by atoms with Gasteiger partial charge in [0.25, 0.3) is 0 Å². The Kier molecular flexibility index (Phi) is 3.29. The van der Waals surface area contributed by atoms with Gasteiger partial charge in [-0.1, -0.05) is 6.07 Å². The van der Waals surface area contributed by atoms with E-state index in [-0.39, 0.29) is 16.6 Å². The first kappa shape index (κ1) is 12.3. The minimum absolute atomic E-state index is 0.0908. The molecule has 0 amide bonds. The van der Waals surface area contributed by atoms with Gasteiger partial charge in [-0.25, -0.2) is 0 Å². The molecule has 3 heterocycles. The summed E-state index contributed by atoms with van der Waals surface area (Å²) in [6.07, 6.45) is 5.59. The molecule has 19 heavy (non-hydrogen) atoms. The number of aromatic nitrogens is 2. The fourth-order valence-corrected chi connectivity index (χ4v) is 3.66. The number of carbonyl (C=O) groups is 1. The smallest absolute Gasteiger partial charge is 0.325 e. The van der Waals surface area contributed by atoms with Crippen LogP contribution in [0.25, 0.3) is 0 Å². The topological polar surface area (TPSA) is 44.1 Å². The lowest BCUT2D eigenvalue weighted by atomic mass is 10.2. The highest BCUT2D eigenvalue weighted by Gasteiger charge is 2.37. The molecule has 0 N–H and O–H groups in total. The second kappa shape index (κ2) is 5.09. The predicted octanol–water partition coefficient (Wildman–Crippen LogP) is 2.78. The fraction of sp³-hybridized carbons (Fsp3) is 0.286. The first-order valence-corrected chi connectivity index (χ1v) is 7.14. The Morgan fingerprint density at radius 1 is 1.47 bits per heavy atom. The van der Waals surface area contributed by atoms with Crippen molar-refractivity contribution >= 4 is 17.7 Å². The van der Waals surface area contributed by atoms with E-state index in [1.165, 1.54) is 0 Å². The monoisotopic (exact) mass is 274 g/mol. The molecule has 0 saturated heterocycles. The molecule has 2 unspecified atom stereocenters. The number of thioether (sulfide) groups is 1. The number of pyridine rings is 1. The fourth-order valence-electron chi connectivity index (χ4n) is 2.26. The van der Waals surface area contributed by atoms with Crippen LogP contribution in [0.15, 0.2) is 42.9 Å². The number of hydrogen-bond donors (Lipinski definition) is 0. The van der Waals surface area contributed by atoms with Crippen molar-refractivity contribution in [3.05, 3.63) is 54.1 Å². The molecule has 0 aliphatic carbocycles. The second-order valence-corrected chi connectivity index (χ2v) is 5.44. The van der Waals surface area contributed by atoms with E-state index in [4.69, 9.17) is 4.74 Å². The highest BCUT2D eigenvalue weighted by atomic mass is 32.2. The number of hydrogen-bond acceptors (Lipinski definition) is 4. The molecule has 5 heteroatoms. The number of rotatable bonds is 3. The van der Waals surface area contributed by atoms with E-state index in [0.717, 1.165) is 11.3 Å². The highest BCUT2D eigenvalue weighted by molar-refractivity contribution is 8.00.